The molecule has 0 aliphatic heterocycles. The maximum Gasteiger partial charge on any atom is 0.333 e. The Balaban J connectivity index is 4.55. The van der Waals surface area contributed by atoms with E-state index in [9.17, 15) is 4.79 Å². The predicted molar refractivity (Wildman–Crippen MR) is 92.4 cm³/mol. The quantitative estimate of drug-likeness (QED) is 0.211. The topological polar surface area (TPSA) is 44.8 Å². The van der Waals surface area contributed by atoms with Crippen molar-refractivity contribution < 1.29 is 18.4 Å². The summed E-state index contributed by atoms with van der Waals surface area (Å²) in [5.41, 5.74) is -0.374. The van der Waals surface area contributed by atoms with Gasteiger partial charge in [-0.1, -0.05) is 6.58 Å². The molecule has 0 heterocycles. The van der Waals surface area contributed by atoms with Gasteiger partial charge in [-0.2, -0.15) is 0 Å². The first-order valence-electron chi connectivity index (χ1n) is 7.22. The van der Waals surface area contributed by atoms with Crippen molar-refractivity contribution in [2.24, 2.45) is 0 Å². The number of hydrogen-bond acceptors (Lipinski definition) is 4. The normalized spacial score (nSPS) is 13.1. The summed E-state index contributed by atoms with van der Waals surface area (Å²) in [6.45, 7) is 18.3. The molecule has 0 aliphatic carbocycles. The van der Waals surface area contributed by atoms with Crippen molar-refractivity contribution in [2.45, 2.75) is 64.5 Å². The summed E-state index contributed by atoms with van der Waals surface area (Å²) in [5.74, 6) is -0.355. The van der Waals surface area contributed by atoms with Gasteiger partial charge < -0.3 is 13.6 Å². The maximum absolute atomic E-state index is 11.3. The number of esters is 1. The summed E-state index contributed by atoms with van der Waals surface area (Å²) >= 11 is 0. The number of ether oxygens (including phenoxy) is 1. The summed E-state index contributed by atoms with van der Waals surface area (Å²) < 4.78 is 17.4. The monoisotopic (exact) mass is 345 g/mol. The van der Waals surface area contributed by atoms with Crippen LogP contribution in [0.5, 0.6) is 0 Å². The molecule has 3 radical (unpaired) electrons. The molecular weight excluding hydrogens is 316 g/mol. The van der Waals surface area contributed by atoms with Crippen LogP contribution < -0.4 is 0 Å². The molecule has 21 heavy (non-hydrogen) atoms. The highest BCUT2D eigenvalue weighted by Crippen LogP contribution is 2.26. The lowest BCUT2D eigenvalue weighted by Crippen LogP contribution is -2.50. The summed E-state index contributed by atoms with van der Waals surface area (Å²) in [5, 5.41) is 0. The van der Waals surface area contributed by atoms with Crippen LogP contribution in [-0.4, -0.2) is 44.9 Å². The van der Waals surface area contributed by atoms with Gasteiger partial charge >= 0.3 is 5.97 Å². The van der Waals surface area contributed by atoms with Gasteiger partial charge in [-0.15, -0.1) is 0 Å². The van der Waals surface area contributed by atoms with Crippen LogP contribution in [0.4, 0.5) is 0 Å². The largest absolute Gasteiger partial charge is 0.462 e. The Hall–Kier alpha value is -0.219. The average molecular weight is 346 g/mol. The predicted octanol–water partition coefficient (Wildman–Crippen LogP) is 3.41. The molecule has 0 aromatic rings. The van der Waals surface area contributed by atoms with E-state index in [0.717, 1.165) is 0 Å². The van der Waals surface area contributed by atoms with Crippen molar-refractivity contribution >= 4 is 32.8 Å². The molecule has 4 nitrogen and oxygen atoms in total. The summed E-state index contributed by atoms with van der Waals surface area (Å²) in [6, 6.07) is 0. The highest BCUT2D eigenvalue weighted by Gasteiger charge is 2.36. The maximum atomic E-state index is 11.3. The van der Waals surface area contributed by atoms with E-state index < -0.39 is 22.0 Å². The molecule has 0 unspecified atom stereocenters. The molecule has 0 spiro atoms. The van der Waals surface area contributed by atoms with Crippen LogP contribution in [0.25, 0.3) is 0 Å². The second-order valence-corrected chi connectivity index (χ2v) is 16.8. The molecular formula is C14H29O4Si3. The third-order valence-electron chi connectivity index (χ3n) is 2.17. The molecule has 0 aromatic carbocycles. The summed E-state index contributed by atoms with van der Waals surface area (Å²) in [7, 11) is 0.149. The van der Waals surface area contributed by atoms with E-state index in [0.29, 0.717) is 25.0 Å². The lowest BCUT2D eigenvalue weighted by molar-refractivity contribution is -0.139. The van der Waals surface area contributed by atoms with Gasteiger partial charge in [-0.25, -0.2) is 4.79 Å². The van der Waals surface area contributed by atoms with E-state index in [1.807, 2.05) is 0 Å². The third-order valence-corrected chi connectivity index (χ3v) is 4.92. The van der Waals surface area contributed by atoms with Gasteiger partial charge in [0, 0.05) is 5.57 Å². The zero-order valence-electron chi connectivity index (χ0n) is 14.5. The van der Waals surface area contributed by atoms with Crippen LogP contribution in [0.15, 0.2) is 12.2 Å². The van der Waals surface area contributed by atoms with E-state index in [2.05, 4.69) is 56.1 Å². The zero-order valence-corrected chi connectivity index (χ0v) is 17.5. The third kappa shape index (κ3) is 11.1. The van der Waals surface area contributed by atoms with Crippen LogP contribution >= 0.6 is 0 Å². The fraction of sp³-hybridized carbons (Fsp3) is 0.786. The molecule has 0 rings (SSSR count). The zero-order chi connectivity index (χ0) is 16.9. The van der Waals surface area contributed by atoms with E-state index in [1.54, 1.807) is 6.92 Å². The molecule has 0 atom stereocenters. The first kappa shape index (κ1) is 20.8. The highest BCUT2D eigenvalue weighted by atomic mass is 28.4. The van der Waals surface area contributed by atoms with Gasteiger partial charge in [0.15, 0.2) is 16.6 Å². The smallest absolute Gasteiger partial charge is 0.333 e. The van der Waals surface area contributed by atoms with Crippen LogP contribution in [0.2, 0.25) is 39.3 Å². The molecule has 0 amide bonds. The molecule has 0 saturated heterocycles. The standard InChI is InChI=1S/C14H29O4Si3/c1-12(2)13(15)16-11-9-10-14(19,17-20(3,4)5)18-21(6,7)8/h1,9-11H2,2-8H3. The minimum Gasteiger partial charge on any atom is -0.462 e. The van der Waals surface area contributed by atoms with Crippen molar-refractivity contribution in [3.05, 3.63) is 12.2 Å². The van der Waals surface area contributed by atoms with E-state index in [4.69, 9.17) is 13.6 Å². The summed E-state index contributed by atoms with van der Waals surface area (Å²) in [6.07, 6.45) is 1.29. The molecule has 0 aromatic heterocycles. The Morgan fingerprint density at radius 2 is 1.52 bits per heavy atom. The van der Waals surface area contributed by atoms with Gasteiger partial charge in [0.1, 0.15) is 15.7 Å². The second-order valence-electron chi connectivity index (χ2n) is 7.20. The number of hydrogen-bond donors (Lipinski definition) is 0. The van der Waals surface area contributed by atoms with Crippen LogP contribution in [0, 0.1) is 0 Å². The Labute approximate surface area is 134 Å². The van der Waals surface area contributed by atoms with Gasteiger partial charge in [-0.3, -0.25) is 0 Å². The minimum atomic E-state index is -1.77. The van der Waals surface area contributed by atoms with Gasteiger partial charge in [0.25, 0.3) is 0 Å². The number of carbonyl (C=O) groups is 1. The van der Waals surface area contributed by atoms with Crippen LogP contribution in [0.1, 0.15) is 19.8 Å². The lowest BCUT2D eigenvalue weighted by atomic mass is 10.3. The number of rotatable bonds is 9. The van der Waals surface area contributed by atoms with Crippen molar-refractivity contribution in [3.63, 3.8) is 0 Å². The highest BCUT2D eigenvalue weighted by molar-refractivity contribution is 6.71. The molecule has 0 bridgehead atoms. The SMILES string of the molecule is C=C(C)C(=O)OCCCC([Si])(O[Si](C)(C)C)O[Si](C)(C)C. The Morgan fingerprint density at radius 1 is 1.10 bits per heavy atom. The minimum absolute atomic E-state index is 0.335. The Kier molecular flexibility index (Phi) is 7.78. The molecule has 121 valence electrons. The first-order chi connectivity index (χ1) is 9.24. The fourth-order valence-electron chi connectivity index (χ4n) is 1.71. The second kappa shape index (κ2) is 7.87. The van der Waals surface area contributed by atoms with E-state index >= 15 is 0 Å². The van der Waals surface area contributed by atoms with Crippen molar-refractivity contribution in [2.75, 3.05) is 6.61 Å². The van der Waals surface area contributed by atoms with Crippen LogP contribution in [0.3, 0.4) is 0 Å². The van der Waals surface area contributed by atoms with E-state index in [1.165, 1.54) is 0 Å². The fourth-order valence-corrected chi connectivity index (χ4v) is 6.07. The van der Waals surface area contributed by atoms with Gasteiger partial charge in [0.05, 0.1) is 6.61 Å². The molecule has 7 heteroatoms. The molecule has 0 N–H and O–H groups in total. The molecule has 0 fully saturated rings. The Morgan fingerprint density at radius 3 is 1.86 bits per heavy atom. The van der Waals surface area contributed by atoms with Crippen molar-refractivity contribution in [3.8, 4) is 0 Å². The average Bonchev–Trinajstić information content (AvgIpc) is 2.18. The molecule has 0 aliphatic rings. The molecule has 0 saturated carbocycles. The van der Waals surface area contributed by atoms with Gasteiger partial charge in [0.2, 0.25) is 0 Å². The van der Waals surface area contributed by atoms with E-state index in [-0.39, 0.29) is 5.97 Å². The number of carbonyl (C=O) groups excluding carboxylic acids is 1. The van der Waals surface area contributed by atoms with Crippen molar-refractivity contribution in [1.29, 1.82) is 0 Å². The Bertz CT molecular complexity index is 353. The summed E-state index contributed by atoms with van der Waals surface area (Å²) in [4.78, 5) is 11.3. The van der Waals surface area contributed by atoms with Crippen molar-refractivity contribution in [1.82, 2.24) is 0 Å². The first-order valence-corrected chi connectivity index (χ1v) is 14.5. The van der Waals surface area contributed by atoms with Crippen LogP contribution in [-0.2, 0) is 18.4 Å². The van der Waals surface area contributed by atoms with Gasteiger partial charge in [-0.05, 0) is 59.0 Å². The lowest BCUT2D eigenvalue weighted by Gasteiger charge is -2.40.